The van der Waals surface area contributed by atoms with Gasteiger partial charge in [0, 0.05) is 44.1 Å². The standard InChI is InChI=1S/C17H20N4O3/c1-11-19-20-17(24-11)14-3-5-15(6-4-14)18-16(23)13-7-9-21(10-8-13)12(2)22/h3-6,13H,7-10H2,1-2H3,(H,18,23). The molecule has 2 heterocycles. The van der Waals surface area contributed by atoms with E-state index >= 15 is 0 Å². The number of amides is 2. The fourth-order valence-corrected chi connectivity index (χ4v) is 2.81. The van der Waals surface area contributed by atoms with Crippen molar-refractivity contribution in [2.45, 2.75) is 26.7 Å². The van der Waals surface area contributed by atoms with E-state index in [2.05, 4.69) is 15.5 Å². The number of nitrogens with one attached hydrogen (secondary N) is 1. The Morgan fingerprint density at radius 1 is 1.17 bits per heavy atom. The maximum atomic E-state index is 12.3. The number of nitrogens with zero attached hydrogens (tertiary/aromatic N) is 3. The van der Waals surface area contributed by atoms with Gasteiger partial charge in [0.2, 0.25) is 23.6 Å². The summed E-state index contributed by atoms with van der Waals surface area (Å²) in [6.07, 6.45) is 1.40. The molecule has 2 aromatic rings. The van der Waals surface area contributed by atoms with Crippen molar-refractivity contribution in [1.82, 2.24) is 15.1 Å². The summed E-state index contributed by atoms with van der Waals surface area (Å²) >= 11 is 0. The summed E-state index contributed by atoms with van der Waals surface area (Å²) in [4.78, 5) is 25.5. The number of aryl methyl sites for hydroxylation is 1. The molecule has 1 aliphatic rings. The first-order chi connectivity index (χ1) is 11.5. The molecule has 24 heavy (non-hydrogen) atoms. The van der Waals surface area contributed by atoms with Crippen LogP contribution in [0.25, 0.3) is 11.5 Å². The van der Waals surface area contributed by atoms with Crippen LogP contribution in [0.2, 0.25) is 0 Å². The van der Waals surface area contributed by atoms with E-state index in [1.807, 2.05) is 24.3 Å². The van der Waals surface area contributed by atoms with Gasteiger partial charge in [-0.3, -0.25) is 9.59 Å². The average molecular weight is 328 g/mol. The molecular formula is C17H20N4O3. The second kappa shape index (κ2) is 6.82. The molecule has 0 aliphatic carbocycles. The van der Waals surface area contributed by atoms with Crippen LogP contribution < -0.4 is 5.32 Å². The summed E-state index contributed by atoms with van der Waals surface area (Å²) in [5, 5.41) is 10.7. The lowest BCUT2D eigenvalue weighted by Gasteiger charge is -2.30. The van der Waals surface area contributed by atoms with Gasteiger partial charge in [-0.25, -0.2) is 0 Å². The van der Waals surface area contributed by atoms with Gasteiger partial charge in [0.25, 0.3) is 0 Å². The normalized spacial score (nSPS) is 15.3. The number of benzene rings is 1. The van der Waals surface area contributed by atoms with Crippen molar-refractivity contribution in [3.63, 3.8) is 0 Å². The number of rotatable bonds is 3. The highest BCUT2D eigenvalue weighted by Gasteiger charge is 2.26. The molecule has 0 unspecified atom stereocenters. The van der Waals surface area contributed by atoms with Crippen molar-refractivity contribution >= 4 is 17.5 Å². The predicted molar refractivity (Wildman–Crippen MR) is 88.1 cm³/mol. The average Bonchev–Trinajstić information content (AvgIpc) is 3.02. The zero-order valence-corrected chi connectivity index (χ0v) is 13.8. The lowest BCUT2D eigenvalue weighted by molar-refractivity contribution is -0.132. The van der Waals surface area contributed by atoms with Crippen molar-refractivity contribution in [1.29, 1.82) is 0 Å². The lowest BCUT2D eigenvalue weighted by atomic mass is 9.96. The number of likely N-dealkylation sites (tertiary alicyclic amines) is 1. The van der Waals surface area contributed by atoms with Crippen molar-refractivity contribution in [3.05, 3.63) is 30.2 Å². The minimum absolute atomic E-state index is 0.000383. The first kappa shape index (κ1) is 16.2. The third-order valence-corrected chi connectivity index (χ3v) is 4.24. The van der Waals surface area contributed by atoms with Crippen LogP contribution in [0.1, 0.15) is 25.7 Å². The topological polar surface area (TPSA) is 88.3 Å². The summed E-state index contributed by atoms with van der Waals surface area (Å²) in [5.41, 5.74) is 1.54. The van der Waals surface area contributed by atoms with Gasteiger partial charge >= 0.3 is 0 Å². The van der Waals surface area contributed by atoms with Crippen molar-refractivity contribution < 1.29 is 14.0 Å². The smallest absolute Gasteiger partial charge is 0.247 e. The summed E-state index contributed by atoms with van der Waals surface area (Å²) in [6.45, 7) is 4.58. The van der Waals surface area contributed by atoms with Crippen LogP contribution in [0, 0.1) is 12.8 Å². The van der Waals surface area contributed by atoms with E-state index in [9.17, 15) is 9.59 Å². The Labute approximate surface area is 140 Å². The Morgan fingerprint density at radius 3 is 2.38 bits per heavy atom. The fourth-order valence-electron chi connectivity index (χ4n) is 2.81. The van der Waals surface area contributed by atoms with Crippen molar-refractivity contribution in [2.75, 3.05) is 18.4 Å². The van der Waals surface area contributed by atoms with Crippen LogP contribution in [-0.4, -0.2) is 40.0 Å². The molecular weight excluding hydrogens is 308 g/mol. The van der Waals surface area contributed by atoms with E-state index in [1.54, 1.807) is 18.7 Å². The van der Waals surface area contributed by atoms with Gasteiger partial charge < -0.3 is 14.6 Å². The molecule has 7 heteroatoms. The molecule has 1 aromatic carbocycles. The van der Waals surface area contributed by atoms with Gasteiger partial charge in [-0.15, -0.1) is 10.2 Å². The number of piperidine rings is 1. The molecule has 1 aliphatic heterocycles. The van der Waals surface area contributed by atoms with Crippen LogP contribution >= 0.6 is 0 Å². The molecule has 1 N–H and O–H groups in total. The molecule has 1 fully saturated rings. The first-order valence-corrected chi connectivity index (χ1v) is 8.00. The highest BCUT2D eigenvalue weighted by Crippen LogP contribution is 2.22. The van der Waals surface area contributed by atoms with Crippen LogP contribution in [0.5, 0.6) is 0 Å². The fraction of sp³-hybridized carbons (Fsp3) is 0.412. The Bertz CT molecular complexity index is 731. The van der Waals surface area contributed by atoms with Gasteiger partial charge in [0.1, 0.15) is 0 Å². The Kier molecular flexibility index (Phi) is 4.59. The minimum atomic E-state index is -0.0566. The zero-order chi connectivity index (χ0) is 17.1. The first-order valence-electron chi connectivity index (χ1n) is 8.00. The quantitative estimate of drug-likeness (QED) is 0.933. The largest absolute Gasteiger partial charge is 0.421 e. The summed E-state index contributed by atoms with van der Waals surface area (Å²) < 4.78 is 5.37. The molecule has 0 saturated carbocycles. The maximum Gasteiger partial charge on any atom is 0.247 e. The van der Waals surface area contributed by atoms with Crippen LogP contribution in [0.4, 0.5) is 5.69 Å². The van der Waals surface area contributed by atoms with E-state index in [-0.39, 0.29) is 17.7 Å². The molecule has 3 rings (SSSR count). The highest BCUT2D eigenvalue weighted by atomic mass is 16.4. The molecule has 7 nitrogen and oxygen atoms in total. The van der Waals surface area contributed by atoms with E-state index in [0.29, 0.717) is 37.7 Å². The molecule has 1 saturated heterocycles. The summed E-state index contributed by atoms with van der Waals surface area (Å²) in [5.74, 6) is 0.987. The van der Waals surface area contributed by atoms with E-state index in [1.165, 1.54) is 0 Å². The predicted octanol–water partition coefficient (Wildman–Crippen LogP) is 2.24. The van der Waals surface area contributed by atoms with Crippen LogP contribution in [0.3, 0.4) is 0 Å². The Hall–Kier alpha value is -2.70. The third kappa shape index (κ3) is 3.61. The highest BCUT2D eigenvalue weighted by molar-refractivity contribution is 5.93. The summed E-state index contributed by atoms with van der Waals surface area (Å²) in [7, 11) is 0. The van der Waals surface area contributed by atoms with E-state index < -0.39 is 0 Å². The number of aromatic nitrogens is 2. The van der Waals surface area contributed by atoms with Crippen molar-refractivity contribution in [2.24, 2.45) is 5.92 Å². The maximum absolute atomic E-state index is 12.3. The number of hydrogen-bond acceptors (Lipinski definition) is 5. The molecule has 0 bridgehead atoms. The Morgan fingerprint density at radius 2 is 1.83 bits per heavy atom. The lowest BCUT2D eigenvalue weighted by Crippen LogP contribution is -2.40. The second-order valence-corrected chi connectivity index (χ2v) is 5.97. The summed E-state index contributed by atoms with van der Waals surface area (Å²) in [6, 6.07) is 7.30. The van der Waals surface area contributed by atoms with Crippen molar-refractivity contribution in [3.8, 4) is 11.5 Å². The zero-order valence-electron chi connectivity index (χ0n) is 13.8. The SMILES string of the molecule is CC(=O)N1CCC(C(=O)Nc2ccc(-c3nnc(C)o3)cc2)CC1. The Balaban J connectivity index is 1.58. The molecule has 0 atom stereocenters. The molecule has 2 amide bonds. The van der Waals surface area contributed by atoms with Gasteiger partial charge in [-0.1, -0.05) is 0 Å². The molecule has 0 spiro atoms. The van der Waals surface area contributed by atoms with Gasteiger partial charge in [-0.2, -0.15) is 0 Å². The second-order valence-electron chi connectivity index (χ2n) is 5.97. The van der Waals surface area contributed by atoms with E-state index in [4.69, 9.17) is 4.42 Å². The number of carbonyl (C=O) groups is 2. The van der Waals surface area contributed by atoms with Gasteiger partial charge in [0.05, 0.1) is 0 Å². The monoisotopic (exact) mass is 328 g/mol. The molecule has 126 valence electrons. The molecule has 0 radical (unpaired) electrons. The van der Waals surface area contributed by atoms with Crippen LogP contribution in [-0.2, 0) is 9.59 Å². The number of carbonyl (C=O) groups excluding carboxylic acids is 2. The van der Waals surface area contributed by atoms with Crippen LogP contribution in [0.15, 0.2) is 28.7 Å². The van der Waals surface area contributed by atoms with Gasteiger partial charge in [0.15, 0.2) is 0 Å². The number of anilines is 1. The molecule has 1 aromatic heterocycles. The van der Waals surface area contributed by atoms with E-state index in [0.717, 1.165) is 11.3 Å². The van der Waals surface area contributed by atoms with Gasteiger partial charge in [-0.05, 0) is 37.1 Å². The number of hydrogen-bond donors (Lipinski definition) is 1. The third-order valence-electron chi connectivity index (χ3n) is 4.24. The minimum Gasteiger partial charge on any atom is -0.421 e.